The van der Waals surface area contributed by atoms with Crippen molar-refractivity contribution in [1.29, 1.82) is 0 Å². The van der Waals surface area contributed by atoms with Crippen molar-refractivity contribution in [2.75, 3.05) is 6.54 Å². The van der Waals surface area contributed by atoms with Gasteiger partial charge in [-0.15, -0.1) is 0 Å². The van der Waals surface area contributed by atoms with E-state index in [4.69, 9.17) is 0 Å². The average molecular weight is 608 g/mol. The van der Waals surface area contributed by atoms with Crippen LogP contribution in [-0.4, -0.2) is 39.3 Å². The minimum Gasteiger partial charge on any atom is -0.285 e. The zero-order valence-corrected chi connectivity index (χ0v) is 22.4. The van der Waals surface area contributed by atoms with Crippen LogP contribution >= 0.6 is 31.9 Å². The topological polar surface area (TPSA) is 41.4 Å². The van der Waals surface area contributed by atoms with E-state index in [-0.39, 0.29) is 24.0 Å². The summed E-state index contributed by atoms with van der Waals surface area (Å²) >= 11 is 6.48. The van der Waals surface area contributed by atoms with Crippen LogP contribution in [0.2, 0.25) is 0 Å². The molecule has 1 aliphatic heterocycles. The summed E-state index contributed by atoms with van der Waals surface area (Å²) in [5.41, 5.74) is 2.73. The van der Waals surface area contributed by atoms with E-state index >= 15 is 4.39 Å². The number of aromatic nitrogens is 2. The summed E-state index contributed by atoms with van der Waals surface area (Å²) in [5.74, 6) is -0.908. The van der Waals surface area contributed by atoms with E-state index in [2.05, 4.69) is 46.8 Å². The van der Waals surface area contributed by atoms with Gasteiger partial charge in [-0.25, -0.2) is 13.2 Å². The van der Waals surface area contributed by atoms with Crippen molar-refractivity contribution in [3.63, 3.8) is 0 Å². The van der Waals surface area contributed by atoms with E-state index < -0.39 is 23.3 Å². The smallest absolute Gasteiger partial charge is 0.151 e. The molecule has 1 unspecified atom stereocenters. The quantitative estimate of drug-likeness (QED) is 0.289. The molecule has 0 amide bonds. The zero-order valence-electron chi connectivity index (χ0n) is 19.2. The molecule has 5 rings (SSSR count). The first-order valence-electron chi connectivity index (χ1n) is 11.4. The molecule has 3 heterocycles. The fraction of sp³-hybridized carbons (Fsp3) is 0.346. The van der Waals surface area contributed by atoms with Gasteiger partial charge >= 0.3 is 0 Å². The molecule has 0 bridgehead atoms. The minimum atomic E-state index is -1.23. The maximum atomic E-state index is 15.2. The van der Waals surface area contributed by atoms with Gasteiger partial charge in [0.25, 0.3) is 0 Å². The Balaban J connectivity index is 1.57. The summed E-state index contributed by atoms with van der Waals surface area (Å²) in [6.45, 7) is 4.23. The summed E-state index contributed by atoms with van der Waals surface area (Å²) in [4.78, 5) is 15.0. The summed E-state index contributed by atoms with van der Waals surface area (Å²) in [6, 6.07) is 5.93. The maximum absolute atomic E-state index is 15.2. The molecule has 0 saturated heterocycles. The van der Waals surface area contributed by atoms with Gasteiger partial charge < -0.3 is 0 Å². The van der Waals surface area contributed by atoms with Gasteiger partial charge in [-0.05, 0) is 99.9 Å². The van der Waals surface area contributed by atoms with Crippen LogP contribution in [0.3, 0.4) is 0 Å². The molecule has 3 aromatic rings. The minimum absolute atomic E-state index is 0.0333. The Morgan fingerprint density at radius 3 is 2.46 bits per heavy atom. The number of halogens is 5. The largest absolute Gasteiger partial charge is 0.285 e. The van der Waals surface area contributed by atoms with Crippen molar-refractivity contribution < 1.29 is 13.2 Å². The number of pyridine rings is 2. The lowest BCUT2D eigenvalue weighted by Crippen LogP contribution is -2.46. The lowest BCUT2D eigenvalue weighted by molar-refractivity contribution is 0.0945. The molecule has 2 aromatic heterocycles. The fourth-order valence-corrected chi connectivity index (χ4v) is 5.33. The van der Waals surface area contributed by atoms with Gasteiger partial charge in [-0.2, -0.15) is 0 Å². The molecule has 1 aliphatic carbocycles. The second-order valence-electron chi connectivity index (χ2n) is 9.36. The third-order valence-corrected chi connectivity index (χ3v) is 7.68. The van der Waals surface area contributed by atoms with E-state index in [0.717, 1.165) is 16.7 Å². The summed E-state index contributed by atoms with van der Waals surface area (Å²) in [5, 5.41) is 0. The Labute approximate surface area is 219 Å². The number of hydrogen-bond donors (Lipinski definition) is 0. The lowest BCUT2D eigenvalue weighted by Gasteiger charge is -2.43. The van der Waals surface area contributed by atoms with E-state index in [1.807, 2.05) is 30.9 Å². The van der Waals surface area contributed by atoms with Crippen LogP contribution < -0.4 is 0 Å². The normalized spacial score (nSPS) is 21.3. The van der Waals surface area contributed by atoms with Crippen LogP contribution in [0.4, 0.5) is 18.9 Å². The summed E-state index contributed by atoms with van der Waals surface area (Å²) in [7, 11) is 0. The highest BCUT2D eigenvalue weighted by atomic mass is 79.9. The molecule has 0 N–H and O–H groups in total. The standard InChI is InChI=1S/C26H23Br2F3N4/c1-14-7-19-15(2)22(33-12-23-20(29)8-16(27)10-32-23)4-3-18(19)25(35(14)13-26(31)5-6-26)24-21(30)9-17(28)11-34-24/h3-4,8-12,14,25H,5-7,13H2,1-2H3/b33-12-/t14-,25?/m1/s1. The Kier molecular flexibility index (Phi) is 6.61. The van der Waals surface area contributed by atoms with Crippen LogP contribution in [0.1, 0.15) is 53.9 Å². The average Bonchev–Trinajstić information content (AvgIpc) is 3.53. The van der Waals surface area contributed by atoms with E-state index in [0.29, 0.717) is 33.9 Å². The SMILES string of the molecule is Cc1c(/N=C\c2ncc(Br)cc2F)ccc2c1C[C@@H](C)N(CC1(F)CC1)C2c1ncc(Br)cc1F. The predicted octanol–water partition coefficient (Wildman–Crippen LogP) is 7.18. The number of aliphatic imine (C=N–C) groups is 1. The Bertz CT molecular complexity index is 1330. The molecule has 182 valence electrons. The highest BCUT2D eigenvalue weighted by Crippen LogP contribution is 2.47. The number of rotatable bonds is 5. The molecular weight excluding hydrogens is 585 g/mol. The first-order chi connectivity index (χ1) is 16.6. The van der Waals surface area contributed by atoms with Gasteiger partial charge in [-0.1, -0.05) is 6.07 Å². The van der Waals surface area contributed by atoms with Gasteiger partial charge in [-0.3, -0.25) is 19.9 Å². The van der Waals surface area contributed by atoms with Crippen molar-refractivity contribution in [1.82, 2.24) is 14.9 Å². The third kappa shape index (κ3) is 4.95. The summed E-state index contributed by atoms with van der Waals surface area (Å²) < 4.78 is 45.4. The molecule has 1 aromatic carbocycles. The number of nitrogens with zero attached hydrogens (tertiary/aromatic N) is 4. The molecule has 0 spiro atoms. The van der Waals surface area contributed by atoms with Crippen molar-refractivity contribution in [2.45, 2.75) is 50.9 Å². The van der Waals surface area contributed by atoms with E-state index in [9.17, 15) is 8.78 Å². The molecule has 35 heavy (non-hydrogen) atoms. The van der Waals surface area contributed by atoms with Crippen LogP contribution in [0.25, 0.3) is 0 Å². The van der Waals surface area contributed by atoms with Crippen LogP contribution in [0.5, 0.6) is 0 Å². The highest BCUT2D eigenvalue weighted by molar-refractivity contribution is 9.10. The van der Waals surface area contributed by atoms with Crippen LogP contribution in [0.15, 0.2) is 50.6 Å². The number of alkyl halides is 1. The predicted molar refractivity (Wildman–Crippen MR) is 137 cm³/mol. The Hall–Kier alpha value is -2.10. The van der Waals surface area contributed by atoms with Crippen molar-refractivity contribution >= 4 is 43.8 Å². The second kappa shape index (κ2) is 9.41. The molecule has 0 radical (unpaired) electrons. The Morgan fingerprint density at radius 1 is 1.11 bits per heavy atom. The molecule has 1 fully saturated rings. The molecule has 2 aliphatic rings. The molecule has 2 atom stereocenters. The molecule has 4 nitrogen and oxygen atoms in total. The van der Waals surface area contributed by atoms with Gasteiger partial charge in [0.1, 0.15) is 17.2 Å². The van der Waals surface area contributed by atoms with Crippen molar-refractivity contribution in [3.8, 4) is 0 Å². The monoisotopic (exact) mass is 606 g/mol. The molecule has 9 heteroatoms. The van der Waals surface area contributed by atoms with E-state index in [1.54, 1.807) is 6.20 Å². The van der Waals surface area contributed by atoms with Crippen molar-refractivity contribution in [2.24, 2.45) is 4.99 Å². The number of benzene rings is 1. The zero-order chi connectivity index (χ0) is 24.9. The third-order valence-electron chi connectivity index (χ3n) is 6.81. The maximum Gasteiger partial charge on any atom is 0.151 e. The second-order valence-corrected chi connectivity index (χ2v) is 11.2. The van der Waals surface area contributed by atoms with Gasteiger partial charge in [0, 0.05) is 33.9 Å². The van der Waals surface area contributed by atoms with Crippen LogP contribution in [-0.2, 0) is 6.42 Å². The molecular formula is C26H23Br2F3N4. The number of fused-ring (bicyclic) bond motifs is 1. The number of hydrogen-bond acceptors (Lipinski definition) is 4. The highest BCUT2D eigenvalue weighted by Gasteiger charge is 2.48. The first-order valence-corrected chi connectivity index (χ1v) is 13.0. The molecule has 1 saturated carbocycles. The first kappa shape index (κ1) is 24.6. The van der Waals surface area contributed by atoms with E-state index in [1.165, 1.54) is 24.5 Å². The fourth-order valence-electron chi connectivity index (χ4n) is 4.73. The van der Waals surface area contributed by atoms with Gasteiger partial charge in [0.05, 0.1) is 23.6 Å². The van der Waals surface area contributed by atoms with Crippen molar-refractivity contribution in [3.05, 3.63) is 85.3 Å². The summed E-state index contributed by atoms with van der Waals surface area (Å²) in [6.07, 6.45) is 6.22. The van der Waals surface area contributed by atoms with Gasteiger partial charge in [0.2, 0.25) is 0 Å². The van der Waals surface area contributed by atoms with Gasteiger partial charge in [0.15, 0.2) is 5.82 Å². The lowest BCUT2D eigenvalue weighted by atomic mass is 9.83. The Morgan fingerprint density at radius 2 is 1.80 bits per heavy atom. The van der Waals surface area contributed by atoms with Crippen LogP contribution in [0, 0.1) is 18.6 Å².